The number of carbonyl (C=O) groups excluding carboxylic acids is 2. The van der Waals surface area contributed by atoms with Gasteiger partial charge < -0.3 is 9.84 Å². The zero-order chi connectivity index (χ0) is 24.7. The SMILES string of the molecule is CC(C)(C)c1ccc(N2C(=O)C(=O)/C(=C(\O)c3ccc4c(c3)CCCO4)C2c2ccccc2)cc1. The third-order valence-corrected chi connectivity index (χ3v) is 6.75. The summed E-state index contributed by atoms with van der Waals surface area (Å²) in [6.45, 7) is 7.05. The van der Waals surface area contributed by atoms with Gasteiger partial charge in [0.2, 0.25) is 0 Å². The van der Waals surface area contributed by atoms with Crippen molar-refractivity contribution in [2.45, 2.75) is 45.1 Å². The molecule has 1 unspecified atom stereocenters. The van der Waals surface area contributed by atoms with Gasteiger partial charge in [-0.2, -0.15) is 0 Å². The predicted molar refractivity (Wildman–Crippen MR) is 137 cm³/mol. The van der Waals surface area contributed by atoms with Crippen LogP contribution in [-0.4, -0.2) is 23.4 Å². The second kappa shape index (κ2) is 8.73. The lowest BCUT2D eigenvalue weighted by molar-refractivity contribution is -0.132. The number of hydrogen-bond acceptors (Lipinski definition) is 4. The van der Waals surface area contributed by atoms with Crippen LogP contribution in [0.25, 0.3) is 5.76 Å². The molecule has 5 nitrogen and oxygen atoms in total. The van der Waals surface area contributed by atoms with Gasteiger partial charge in [0.25, 0.3) is 11.7 Å². The Balaban J connectivity index is 1.65. The molecule has 0 bridgehead atoms. The fraction of sp³-hybridized carbons (Fsp3) is 0.267. The second-order valence-corrected chi connectivity index (χ2v) is 10.2. The number of amides is 1. The fourth-order valence-electron chi connectivity index (χ4n) is 4.83. The minimum absolute atomic E-state index is 0.0400. The highest BCUT2D eigenvalue weighted by molar-refractivity contribution is 6.51. The van der Waals surface area contributed by atoms with Crippen molar-refractivity contribution < 1.29 is 19.4 Å². The van der Waals surface area contributed by atoms with Crippen LogP contribution in [0, 0.1) is 0 Å². The molecule has 0 saturated carbocycles. The zero-order valence-electron chi connectivity index (χ0n) is 20.2. The number of Topliss-reactive ketones (excluding diaryl/α,β-unsaturated/α-hetero) is 1. The van der Waals surface area contributed by atoms with Gasteiger partial charge in [-0.25, -0.2) is 0 Å². The molecule has 178 valence electrons. The van der Waals surface area contributed by atoms with E-state index in [1.165, 1.54) is 4.90 Å². The van der Waals surface area contributed by atoms with E-state index >= 15 is 0 Å². The number of carbonyl (C=O) groups is 2. The summed E-state index contributed by atoms with van der Waals surface area (Å²) in [6.07, 6.45) is 1.74. The molecule has 1 atom stereocenters. The molecule has 3 aromatic carbocycles. The topological polar surface area (TPSA) is 66.8 Å². The predicted octanol–water partition coefficient (Wildman–Crippen LogP) is 5.94. The third kappa shape index (κ3) is 4.12. The van der Waals surface area contributed by atoms with Gasteiger partial charge in [-0.3, -0.25) is 14.5 Å². The van der Waals surface area contributed by atoms with Crippen LogP contribution in [0.15, 0.2) is 78.4 Å². The van der Waals surface area contributed by atoms with E-state index in [0.717, 1.165) is 35.3 Å². The molecule has 1 fully saturated rings. The summed E-state index contributed by atoms with van der Waals surface area (Å²) in [7, 11) is 0. The van der Waals surface area contributed by atoms with Crippen molar-refractivity contribution in [3.05, 3.63) is 101 Å². The average Bonchev–Trinajstić information content (AvgIpc) is 3.13. The second-order valence-electron chi connectivity index (χ2n) is 10.2. The summed E-state index contributed by atoms with van der Waals surface area (Å²) in [4.78, 5) is 28.2. The molecule has 0 radical (unpaired) electrons. The van der Waals surface area contributed by atoms with Crippen LogP contribution in [0.5, 0.6) is 5.75 Å². The lowest BCUT2D eigenvalue weighted by Gasteiger charge is -2.27. The quantitative estimate of drug-likeness (QED) is 0.294. The number of aryl methyl sites for hydroxylation is 1. The highest BCUT2D eigenvalue weighted by Gasteiger charge is 2.47. The molecular weight excluding hydrogens is 438 g/mol. The first-order valence-electron chi connectivity index (χ1n) is 12.0. The molecule has 1 N–H and O–H groups in total. The number of nitrogens with zero attached hydrogens (tertiary/aromatic N) is 1. The number of aliphatic hydroxyl groups is 1. The first kappa shape index (κ1) is 22.9. The van der Waals surface area contributed by atoms with Crippen LogP contribution in [-0.2, 0) is 21.4 Å². The molecule has 0 aliphatic carbocycles. The Morgan fingerprint density at radius 1 is 0.971 bits per heavy atom. The first-order chi connectivity index (χ1) is 16.8. The summed E-state index contributed by atoms with van der Waals surface area (Å²) in [5.41, 5.74) is 4.06. The smallest absolute Gasteiger partial charge is 0.300 e. The Hall–Kier alpha value is -3.86. The molecule has 1 saturated heterocycles. The fourth-order valence-corrected chi connectivity index (χ4v) is 4.83. The monoisotopic (exact) mass is 467 g/mol. The minimum atomic E-state index is -0.732. The zero-order valence-corrected chi connectivity index (χ0v) is 20.2. The van der Waals surface area contributed by atoms with Crippen LogP contribution in [0.4, 0.5) is 5.69 Å². The maximum absolute atomic E-state index is 13.4. The molecule has 1 amide bonds. The standard InChI is InChI=1S/C30H29NO4/c1-30(2,3)22-12-14-23(15-13-22)31-26(19-8-5-4-6-9-19)25(28(33)29(31)34)27(32)21-11-16-24-20(18-21)10-7-17-35-24/h4-6,8-9,11-16,18,26,32H,7,10,17H2,1-3H3/b27-25-. The third-order valence-electron chi connectivity index (χ3n) is 6.75. The number of aliphatic hydroxyl groups excluding tert-OH is 1. The molecule has 5 rings (SSSR count). The van der Waals surface area contributed by atoms with Crippen LogP contribution in [0.1, 0.15) is 55.5 Å². The highest BCUT2D eigenvalue weighted by Crippen LogP contribution is 2.43. The van der Waals surface area contributed by atoms with Crippen molar-refractivity contribution in [1.82, 2.24) is 0 Å². The number of fused-ring (bicyclic) bond motifs is 1. The van der Waals surface area contributed by atoms with Gasteiger partial charge >= 0.3 is 0 Å². The normalized spacial score (nSPS) is 19.4. The van der Waals surface area contributed by atoms with Crippen molar-refractivity contribution in [3.8, 4) is 5.75 Å². The van der Waals surface area contributed by atoms with E-state index in [1.807, 2.05) is 66.7 Å². The summed E-state index contributed by atoms with van der Waals surface area (Å²) in [5.74, 6) is -0.707. The van der Waals surface area contributed by atoms with Crippen molar-refractivity contribution in [3.63, 3.8) is 0 Å². The van der Waals surface area contributed by atoms with Gasteiger partial charge in [0, 0.05) is 11.3 Å². The summed E-state index contributed by atoms with van der Waals surface area (Å²) in [5, 5.41) is 11.4. The summed E-state index contributed by atoms with van der Waals surface area (Å²) >= 11 is 0. The van der Waals surface area contributed by atoms with Crippen molar-refractivity contribution in [2.24, 2.45) is 0 Å². The van der Waals surface area contributed by atoms with Gasteiger partial charge in [-0.1, -0.05) is 63.2 Å². The number of hydrogen-bond donors (Lipinski definition) is 1. The molecule has 2 heterocycles. The van der Waals surface area contributed by atoms with E-state index in [0.29, 0.717) is 17.9 Å². The van der Waals surface area contributed by atoms with Gasteiger partial charge in [0.05, 0.1) is 18.2 Å². The van der Waals surface area contributed by atoms with Crippen LogP contribution in [0.3, 0.4) is 0 Å². The number of benzene rings is 3. The molecular formula is C30H29NO4. The average molecular weight is 468 g/mol. The lowest BCUT2D eigenvalue weighted by atomic mass is 9.87. The molecule has 3 aromatic rings. The number of ether oxygens (including phenoxy) is 1. The number of anilines is 1. The van der Waals surface area contributed by atoms with Crippen molar-refractivity contribution in [1.29, 1.82) is 0 Å². The Bertz CT molecular complexity index is 1320. The Kier molecular flexibility index (Phi) is 5.72. The molecule has 0 spiro atoms. The largest absolute Gasteiger partial charge is 0.507 e. The number of rotatable bonds is 3. The Morgan fingerprint density at radius 2 is 1.69 bits per heavy atom. The van der Waals surface area contributed by atoms with Crippen molar-refractivity contribution in [2.75, 3.05) is 11.5 Å². The molecule has 2 aliphatic rings. The van der Waals surface area contributed by atoms with Gasteiger partial charge in [0.15, 0.2) is 0 Å². The molecule has 2 aliphatic heterocycles. The van der Waals surface area contributed by atoms with E-state index in [9.17, 15) is 14.7 Å². The summed E-state index contributed by atoms with van der Waals surface area (Å²) in [6, 6.07) is 21.8. The van der Waals surface area contributed by atoms with E-state index in [-0.39, 0.29) is 16.7 Å². The molecule has 35 heavy (non-hydrogen) atoms. The lowest BCUT2D eigenvalue weighted by Crippen LogP contribution is -2.29. The molecule has 5 heteroatoms. The van der Waals surface area contributed by atoms with Crippen LogP contribution >= 0.6 is 0 Å². The maximum atomic E-state index is 13.4. The van der Waals surface area contributed by atoms with Gasteiger partial charge in [0.1, 0.15) is 11.5 Å². The van der Waals surface area contributed by atoms with Gasteiger partial charge in [-0.15, -0.1) is 0 Å². The van der Waals surface area contributed by atoms with Crippen LogP contribution in [0.2, 0.25) is 0 Å². The number of ketones is 1. The highest BCUT2D eigenvalue weighted by atomic mass is 16.5. The van der Waals surface area contributed by atoms with Crippen molar-refractivity contribution >= 4 is 23.1 Å². The Labute approximate surface area is 205 Å². The first-order valence-corrected chi connectivity index (χ1v) is 12.0. The minimum Gasteiger partial charge on any atom is -0.507 e. The van der Waals surface area contributed by atoms with E-state index in [1.54, 1.807) is 6.07 Å². The van der Waals surface area contributed by atoms with E-state index < -0.39 is 17.7 Å². The van der Waals surface area contributed by atoms with E-state index in [4.69, 9.17) is 4.74 Å². The van der Waals surface area contributed by atoms with E-state index in [2.05, 4.69) is 20.8 Å². The van der Waals surface area contributed by atoms with Crippen LogP contribution < -0.4 is 9.64 Å². The Morgan fingerprint density at radius 3 is 2.37 bits per heavy atom. The molecule has 0 aromatic heterocycles. The maximum Gasteiger partial charge on any atom is 0.300 e. The summed E-state index contributed by atoms with van der Waals surface area (Å²) < 4.78 is 5.69. The van der Waals surface area contributed by atoms with Gasteiger partial charge in [-0.05, 0) is 65.3 Å².